The summed E-state index contributed by atoms with van der Waals surface area (Å²) in [5.74, 6) is 0.903. The van der Waals surface area contributed by atoms with Gasteiger partial charge in [0.2, 0.25) is 0 Å². The molecule has 4 nitrogen and oxygen atoms in total. The van der Waals surface area contributed by atoms with Crippen LogP contribution in [0.1, 0.15) is 56.8 Å². The molecule has 2 aliphatic rings. The second kappa shape index (κ2) is 9.35. The largest absolute Gasteiger partial charge is 0.493 e. The molecule has 0 aromatic heterocycles. The zero-order valence-electron chi connectivity index (χ0n) is 18.4. The summed E-state index contributed by atoms with van der Waals surface area (Å²) in [6.45, 7) is 6.17. The van der Waals surface area contributed by atoms with Gasteiger partial charge in [0, 0.05) is 11.6 Å². The lowest BCUT2D eigenvalue weighted by molar-refractivity contribution is -0.148. The van der Waals surface area contributed by atoms with Crippen molar-refractivity contribution in [2.75, 3.05) is 26.2 Å². The Balaban J connectivity index is 1.38. The lowest BCUT2D eigenvalue weighted by atomic mass is 9.90. The highest BCUT2D eigenvalue weighted by Gasteiger charge is 2.44. The molecule has 174 valence electrons. The normalized spacial score (nSPS) is 22.9. The SMILES string of the molecule is CC(C)(C)NC(=O)c1ccc(OCCC2CC2C2CCN(CC(F)(F)F)CC2)cc1F. The molecular weight excluding hydrogens is 412 g/mol. The highest BCUT2D eigenvalue weighted by molar-refractivity contribution is 5.95. The van der Waals surface area contributed by atoms with Crippen LogP contribution >= 0.6 is 0 Å². The number of hydrogen-bond acceptors (Lipinski definition) is 3. The van der Waals surface area contributed by atoms with E-state index in [1.54, 1.807) is 6.07 Å². The number of alkyl halides is 3. The lowest BCUT2D eigenvalue weighted by Gasteiger charge is -2.32. The molecule has 1 saturated heterocycles. The number of amides is 1. The van der Waals surface area contributed by atoms with Gasteiger partial charge in [0.1, 0.15) is 11.6 Å². The van der Waals surface area contributed by atoms with E-state index in [0.29, 0.717) is 43.2 Å². The third-order valence-electron chi connectivity index (χ3n) is 6.05. The fourth-order valence-electron chi connectivity index (χ4n) is 4.48. The molecular formula is C23H32F4N2O2. The van der Waals surface area contributed by atoms with Crippen molar-refractivity contribution in [1.82, 2.24) is 10.2 Å². The van der Waals surface area contributed by atoms with E-state index in [1.165, 1.54) is 17.0 Å². The number of nitrogens with zero attached hydrogens (tertiary/aromatic N) is 1. The Labute approximate surface area is 181 Å². The molecule has 1 heterocycles. The molecule has 3 rings (SSSR count). The van der Waals surface area contributed by atoms with Gasteiger partial charge in [-0.1, -0.05) is 0 Å². The summed E-state index contributed by atoms with van der Waals surface area (Å²) in [5, 5.41) is 2.73. The number of hydrogen-bond donors (Lipinski definition) is 1. The predicted octanol–water partition coefficient (Wildman–Crippen LogP) is 5.03. The molecule has 8 heteroatoms. The molecule has 0 bridgehead atoms. The van der Waals surface area contributed by atoms with Gasteiger partial charge >= 0.3 is 6.18 Å². The van der Waals surface area contributed by atoms with Crippen molar-refractivity contribution in [2.24, 2.45) is 17.8 Å². The van der Waals surface area contributed by atoms with E-state index in [0.717, 1.165) is 25.7 Å². The van der Waals surface area contributed by atoms with Gasteiger partial charge in [-0.2, -0.15) is 13.2 Å². The summed E-state index contributed by atoms with van der Waals surface area (Å²) in [6, 6.07) is 4.26. The first kappa shape index (κ1) is 23.8. The zero-order chi connectivity index (χ0) is 22.8. The molecule has 1 aromatic rings. The lowest BCUT2D eigenvalue weighted by Crippen LogP contribution is -2.40. The van der Waals surface area contributed by atoms with E-state index in [2.05, 4.69) is 5.32 Å². The van der Waals surface area contributed by atoms with Gasteiger partial charge in [0.25, 0.3) is 5.91 Å². The van der Waals surface area contributed by atoms with Gasteiger partial charge in [-0.25, -0.2) is 4.39 Å². The number of nitrogens with one attached hydrogen (secondary N) is 1. The van der Waals surface area contributed by atoms with Crippen LogP contribution in [0.3, 0.4) is 0 Å². The Morgan fingerprint density at radius 3 is 2.45 bits per heavy atom. The molecule has 1 aliphatic heterocycles. The second-order valence-electron chi connectivity index (χ2n) is 9.87. The van der Waals surface area contributed by atoms with Crippen LogP contribution < -0.4 is 10.1 Å². The van der Waals surface area contributed by atoms with E-state index in [-0.39, 0.29) is 5.56 Å². The molecule has 1 aliphatic carbocycles. The van der Waals surface area contributed by atoms with Gasteiger partial charge in [0.05, 0.1) is 18.7 Å². The van der Waals surface area contributed by atoms with Crippen LogP contribution in [0.2, 0.25) is 0 Å². The van der Waals surface area contributed by atoms with Crippen molar-refractivity contribution in [1.29, 1.82) is 0 Å². The third-order valence-corrected chi connectivity index (χ3v) is 6.05. The Morgan fingerprint density at radius 1 is 1.19 bits per heavy atom. The van der Waals surface area contributed by atoms with Gasteiger partial charge in [-0.05, 0) is 89.4 Å². The molecule has 1 saturated carbocycles. The second-order valence-corrected chi connectivity index (χ2v) is 9.87. The minimum absolute atomic E-state index is 0.0126. The number of piperidine rings is 1. The minimum Gasteiger partial charge on any atom is -0.493 e. The summed E-state index contributed by atoms with van der Waals surface area (Å²) >= 11 is 0. The first-order valence-corrected chi connectivity index (χ1v) is 11.0. The average Bonchev–Trinajstić information content (AvgIpc) is 3.39. The van der Waals surface area contributed by atoms with E-state index in [1.807, 2.05) is 20.8 Å². The quantitative estimate of drug-likeness (QED) is 0.600. The number of benzene rings is 1. The molecule has 1 aromatic carbocycles. The molecule has 1 N–H and O–H groups in total. The van der Waals surface area contributed by atoms with E-state index in [4.69, 9.17) is 4.74 Å². The van der Waals surface area contributed by atoms with Crippen LogP contribution in [-0.4, -0.2) is 48.8 Å². The average molecular weight is 445 g/mol. The van der Waals surface area contributed by atoms with Crippen molar-refractivity contribution in [3.05, 3.63) is 29.6 Å². The summed E-state index contributed by atoms with van der Waals surface area (Å²) < 4.78 is 57.5. The minimum atomic E-state index is -4.12. The Morgan fingerprint density at radius 2 is 1.87 bits per heavy atom. The molecule has 2 fully saturated rings. The number of likely N-dealkylation sites (tertiary alicyclic amines) is 1. The predicted molar refractivity (Wildman–Crippen MR) is 111 cm³/mol. The first-order chi connectivity index (χ1) is 14.4. The molecule has 0 radical (unpaired) electrons. The van der Waals surface area contributed by atoms with Crippen LogP contribution in [0, 0.1) is 23.6 Å². The van der Waals surface area contributed by atoms with Crippen molar-refractivity contribution in [2.45, 2.75) is 58.2 Å². The van der Waals surface area contributed by atoms with Crippen LogP contribution in [-0.2, 0) is 0 Å². The molecule has 2 unspecified atom stereocenters. The van der Waals surface area contributed by atoms with E-state index in [9.17, 15) is 22.4 Å². The van der Waals surface area contributed by atoms with Crippen LogP contribution in [0.4, 0.5) is 17.6 Å². The van der Waals surface area contributed by atoms with Gasteiger partial charge in [0.15, 0.2) is 0 Å². The smallest absolute Gasteiger partial charge is 0.401 e. The number of rotatable bonds is 7. The Bertz CT molecular complexity index is 768. The van der Waals surface area contributed by atoms with Crippen molar-refractivity contribution < 1.29 is 27.1 Å². The zero-order valence-corrected chi connectivity index (χ0v) is 18.4. The van der Waals surface area contributed by atoms with Crippen LogP contribution in [0.25, 0.3) is 0 Å². The Hall–Kier alpha value is -1.83. The number of halogens is 4. The highest BCUT2D eigenvalue weighted by Crippen LogP contribution is 2.49. The number of carbonyl (C=O) groups is 1. The number of ether oxygens (including phenoxy) is 1. The van der Waals surface area contributed by atoms with Gasteiger partial charge < -0.3 is 10.1 Å². The standard InChI is InChI=1S/C23H32F4N2O2/c1-22(2,3)28-21(30)18-5-4-17(13-20(18)24)31-11-8-16-12-19(16)15-6-9-29(10-7-15)14-23(25,26)27/h4-5,13,15-16,19H,6-12,14H2,1-3H3,(H,28,30). The third kappa shape index (κ3) is 7.37. The maximum absolute atomic E-state index is 14.3. The Kier molecular flexibility index (Phi) is 7.18. The van der Waals surface area contributed by atoms with Gasteiger partial charge in [-0.3, -0.25) is 9.69 Å². The van der Waals surface area contributed by atoms with Crippen LogP contribution in [0.5, 0.6) is 5.75 Å². The van der Waals surface area contributed by atoms with Crippen molar-refractivity contribution >= 4 is 5.91 Å². The van der Waals surface area contributed by atoms with Gasteiger partial charge in [-0.15, -0.1) is 0 Å². The highest BCUT2D eigenvalue weighted by atomic mass is 19.4. The summed E-state index contributed by atoms with van der Waals surface area (Å²) in [4.78, 5) is 13.6. The van der Waals surface area contributed by atoms with Crippen molar-refractivity contribution in [3.63, 3.8) is 0 Å². The van der Waals surface area contributed by atoms with Crippen LogP contribution in [0.15, 0.2) is 18.2 Å². The maximum Gasteiger partial charge on any atom is 0.401 e. The van der Waals surface area contributed by atoms with Crippen molar-refractivity contribution in [3.8, 4) is 5.75 Å². The monoisotopic (exact) mass is 444 g/mol. The summed E-state index contributed by atoms with van der Waals surface area (Å²) in [6.07, 6.45) is -0.544. The summed E-state index contributed by atoms with van der Waals surface area (Å²) in [7, 11) is 0. The fraction of sp³-hybridized carbons (Fsp3) is 0.696. The first-order valence-electron chi connectivity index (χ1n) is 11.0. The molecule has 1 amide bonds. The van der Waals surface area contributed by atoms with E-state index < -0.39 is 30.0 Å². The molecule has 0 spiro atoms. The fourth-order valence-corrected chi connectivity index (χ4v) is 4.48. The molecule has 2 atom stereocenters. The van der Waals surface area contributed by atoms with E-state index >= 15 is 0 Å². The topological polar surface area (TPSA) is 41.6 Å². The number of carbonyl (C=O) groups excluding carboxylic acids is 1. The summed E-state index contributed by atoms with van der Waals surface area (Å²) in [5.41, 5.74) is -0.463. The maximum atomic E-state index is 14.3. The molecule has 31 heavy (non-hydrogen) atoms.